The Hall–Kier alpha value is -1.36. The maximum absolute atomic E-state index is 13.1. The third kappa shape index (κ3) is 2.72. The average Bonchev–Trinajstić information content (AvgIpc) is 3.44. The van der Waals surface area contributed by atoms with E-state index in [-0.39, 0.29) is 40.2 Å². The lowest BCUT2D eigenvalue weighted by molar-refractivity contribution is -0.192. The Kier molecular flexibility index (Phi) is 5.27. The van der Waals surface area contributed by atoms with Crippen molar-refractivity contribution in [3.05, 3.63) is 11.6 Å². The Morgan fingerprint density at radius 1 is 1.03 bits per heavy atom. The van der Waals surface area contributed by atoms with E-state index in [1.54, 1.807) is 0 Å². The summed E-state index contributed by atoms with van der Waals surface area (Å²) in [5, 5.41) is 11.1. The van der Waals surface area contributed by atoms with Crippen LogP contribution in [0, 0.1) is 50.7 Å². The number of carbonyl (C=O) groups excluding carboxylic acids is 2. The number of ether oxygens (including phenoxy) is 2. The number of fused-ring (bicyclic) bond motifs is 2. The first kappa shape index (κ1) is 24.9. The number of carbonyl (C=O) groups is 2. The van der Waals surface area contributed by atoms with Gasteiger partial charge in [0.15, 0.2) is 0 Å². The van der Waals surface area contributed by atoms with Gasteiger partial charge in [0.05, 0.1) is 18.6 Å². The summed E-state index contributed by atoms with van der Waals surface area (Å²) in [5.74, 6) is 1.45. The Morgan fingerprint density at radius 3 is 2.42 bits per heavy atom. The van der Waals surface area contributed by atoms with Crippen LogP contribution in [0.25, 0.3) is 0 Å². The van der Waals surface area contributed by atoms with Gasteiger partial charge in [-0.05, 0) is 117 Å². The molecule has 1 aliphatic heterocycles. The zero-order valence-corrected chi connectivity index (χ0v) is 23.2. The van der Waals surface area contributed by atoms with Crippen molar-refractivity contribution < 1.29 is 24.2 Å². The second kappa shape index (κ2) is 7.61. The number of cyclic esters (lactones) is 1. The summed E-state index contributed by atoms with van der Waals surface area (Å²) in [4.78, 5) is 25.4. The summed E-state index contributed by atoms with van der Waals surface area (Å²) in [7, 11) is 1.48. The van der Waals surface area contributed by atoms with Crippen LogP contribution in [0.3, 0.4) is 0 Å². The maximum Gasteiger partial charge on any atom is 0.333 e. The van der Waals surface area contributed by atoms with Crippen molar-refractivity contribution in [2.75, 3.05) is 7.11 Å². The van der Waals surface area contributed by atoms with Gasteiger partial charge in [-0.1, -0.05) is 26.8 Å². The SMILES string of the molecule is COC(=O)[C@]1(C)[C@@H](O)CC[C@]23C[C@]24CC[C@]2(C)[C@@H]([C@H](C)[C@@H]5CC=C(C)C(=O)O5)CC[C@@]2(C)[C@@H]4CC[C@@H]13. The molecule has 0 saturated heterocycles. The minimum Gasteiger partial charge on any atom is -0.469 e. The summed E-state index contributed by atoms with van der Waals surface area (Å²) in [6.07, 6.45) is 12.4. The topological polar surface area (TPSA) is 72.8 Å². The van der Waals surface area contributed by atoms with Gasteiger partial charge in [-0.15, -0.1) is 0 Å². The smallest absolute Gasteiger partial charge is 0.333 e. The number of methoxy groups -OCH3 is 1. The van der Waals surface area contributed by atoms with Gasteiger partial charge in [0.25, 0.3) is 0 Å². The first-order valence-electron chi connectivity index (χ1n) is 14.6. The molecule has 5 aliphatic carbocycles. The van der Waals surface area contributed by atoms with Crippen LogP contribution in [0.5, 0.6) is 0 Å². The molecule has 0 amide bonds. The van der Waals surface area contributed by atoms with Crippen molar-refractivity contribution in [1.82, 2.24) is 0 Å². The van der Waals surface area contributed by atoms with Crippen LogP contribution in [-0.4, -0.2) is 36.4 Å². The fourth-order valence-electron chi connectivity index (χ4n) is 11.7. The first-order valence-corrected chi connectivity index (χ1v) is 14.6. The fourth-order valence-corrected chi connectivity index (χ4v) is 11.7. The van der Waals surface area contributed by atoms with Gasteiger partial charge in [-0.2, -0.15) is 0 Å². The number of hydrogen-bond donors (Lipinski definition) is 1. The number of hydrogen-bond acceptors (Lipinski definition) is 5. The van der Waals surface area contributed by atoms with Crippen molar-refractivity contribution in [3.8, 4) is 0 Å². The third-order valence-corrected chi connectivity index (χ3v) is 13.9. The second-order valence-electron chi connectivity index (χ2n) is 14.4. The first-order chi connectivity index (χ1) is 16.9. The lowest BCUT2D eigenvalue weighted by Gasteiger charge is -2.63. The molecule has 0 radical (unpaired) electrons. The average molecular weight is 499 g/mol. The normalized spacial score (nSPS) is 54.1. The molecule has 1 heterocycles. The highest BCUT2D eigenvalue weighted by molar-refractivity contribution is 5.88. The van der Waals surface area contributed by atoms with Crippen molar-refractivity contribution >= 4 is 11.9 Å². The zero-order valence-electron chi connectivity index (χ0n) is 23.2. The molecule has 2 spiro atoms. The molecule has 11 atom stereocenters. The van der Waals surface area contributed by atoms with E-state index >= 15 is 0 Å². The van der Waals surface area contributed by atoms with Crippen LogP contribution in [-0.2, 0) is 19.1 Å². The van der Waals surface area contributed by atoms with Gasteiger partial charge in [0.1, 0.15) is 6.10 Å². The molecule has 5 fully saturated rings. The summed E-state index contributed by atoms with van der Waals surface area (Å²) in [6, 6.07) is 0. The summed E-state index contributed by atoms with van der Waals surface area (Å²) < 4.78 is 11.2. The molecule has 0 aromatic heterocycles. The Labute approximate surface area is 216 Å². The molecule has 5 nitrogen and oxygen atoms in total. The van der Waals surface area contributed by atoms with E-state index in [2.05, 4.69) is 26.8 Å². The van der Waals surface area contributed by atoms with Crippen molar-refractivity contribution in [2.45, 2.75) is 111 Å². The van der Waals surface area contributed by atoms with Gasteiger partial charge in [0, 0.05) is 12.0 Å². The van der Waals surface area contributed by atoms with Crippen molar-refractivity contribution in [3.63, 3.8) is 0 Å². The van der Waals surface area contributed by atoms with Gasteiger partial charge in [-0.3, -0.25) is 4.79 Å². The molecule has 200 valence electrons. The van der Waals surface area contributed by atoms with E-state index in [9.17, 15) is 14.7 Å². The summed E-state index contributed by atoms with van der Waals surface area (Å²) in [6.45, 7) is 11.3. The molecule has 0 unspecified atom stereocenters. The van der Waals surface area contributed by atoms with E-state index in [0.29, 0.717) is 29.6 Å². The minimum absolute atomic E-state index is 0.00939. The van der Waals surface area contributed by atoms with Gasteiger partial charge in [-0.25, -0.2) is 4.79 Å². The molecule has 36 heavy (non-hydrogen) atoms. The largest absolute Gasteiger partial charge is 0.469 e. The van der Waals surface area contributed by atoms with Crippen LogP contribution in [0.4, 0.5) is 0 Å². The predicted octanol–water partition coefficient (Wildman–Crippen LogP) is 5.84. The van der Waals surface area contributed by atoms with Crippen LogP contribution >= 0.6 is 0 Å². The van der Waals surface area contributed by atoms with E-state index in [0.717, 1.165) is 31.3 Å². The predicted molar refractivity (Wildman–Crippen MR) is 137 cm³/mol. The fraction of sp³-hybridized carbons (Fsp3) is 0.871. The highest BCUT2D eigenvalue weighted by Gasteiger charge is 2.83. The lowest BCUT2D eigenvalue weighted by Crippen LogP contribution is -2.60. The Balaban J connectivity index is 1.30. The molecule has 0 aromatic carbocycles. The summed E-state index contributed by atoms with van der Waals surface area (Å²) >= 11 is 0. The molecule has 1 N–H and O–H groups in total. The maximum atomic E-state index is 13.1. The van der Waals surface area contributed by atoms with Crippen LogP contribution in [0.1, 0.15) is 98.8 Å². The lowest BCUT2D eigenvalue weighted by atomic mass is 9.41. The van der Waals surface area contributed by atoms with Crippen LogP contribution in [0.15, 0.2) is 11.6 Å². The monoisotopic (exact) mass is 498 g/mol. The van der Waals surface area contributed by atoms with E-state index < -0.39 is 11.5 Å². The number of aliphatic hydroxyl groups excluding tert-OH is 1. The second-order valence-corrected chi connectivity index (χ2v) is 14.4. The highest BCUT2D eigenvalue weighted by Crippen LogP contribution is 2.89. The molecule has 6 aliphatic rings. The quantitative estimate of drug-likeness (QED) is 0.495. The van der Waals surface area contributed by atoms with E-state index in [4.69, 9.17) is 9.47 Å². The van der Waals surface area contributed by atoms with Crippen molar-refractivity contribution in [1.29, 1.82) is 0 Å². The van der Waals surface area contributed by atoms with Crippen LogP contribution < -0.4 is 0 Å². The highest BCUT2D eigenvalue weighted by atomic mass is 16.5. The van der Waals surface area contributed by atoms with Crippen molar-refractivity contribution in [2.24, 2.45) is 50.7 Å². The molecule has 5 heteroatoms. The van der Waals surface area contributed by atoms with Crippen LogP contribution in [0.2, 0.25) is 0 Å². The number of aliphatic hydroxyl groups is 1. The van der Waals surface area contributed by atoms with Gasteiger partial charge >= 0.3 is 11.9 Å². The Morgan fingerprint density at radius 2 is 1.72 bits per heavy atom. The number of esters is 2. The number of rotatable bonds is 3. The van der Waals surface area contributed by atoms with Gasteiger partial charge < -0.3 is 14.6 Å². The molecule has 0 bridgehead atoms. The molecule has 6 rings (SSSR count). The summed E-state index contributed by atoms with van der Waals surface area (Å²) in [5.41, 5.74) is 0.962. The van der Waals surface area contributed by atoms with E-state index in [1.165, 1.54) is 39.2 Å². The third-order valence-electron chi connectivity index (χ3n) is 13.9. The molecular formula is C31H46O5. The standard InChI is InChI=1S/C31H46O5/c1-18-7-8-21(36-25(18)33)19(2)20-11-13-28(4)22-9-10-23-29(5,26(34)35-6)24(32)12-14-30(23)17-31(22,30)16-15-27(20,28)3/h7,19-24,32H,8-17H2,1-6H3/t19-,20+,21-,22-,23-,24-,27+,28-,29-,30+,31-/m0/s1. The minimum atomic E-state index is -0.785. The molecular weight excluding hydrogens is 452 g/mol. The molecule has 0 aromatic rings. The van der Waals surface area contributed by atoms with Gasteiger partial charge in [0.2, 0.25) is 0 Å². The zero-order chi connectivity index (χ0) is 25.9. The Bertz CT molecular complexity index is 1020. The van der Waals surface area contributed by atoms with E-state index in [1.807, 2.05) is 13.8 Å². The molecule has 5 saturated carbocycles.